The molecule has 1 atom stereocenters. The van der Waals surface area contributed by atoms with E-state index in [4.69, 9.17) is 14.2 Å². The van der Waals surface area contributed by atoms with Gasteiger partial charge >= 0.3 is 17.9 Å². The molecule has 0 aromatic carbocycles. The lowest BCUT2D eigenvalue weighted by Gasteiger charge is -2.18. The van der Waals surface area contributed by atoms with Crippen LogP contribution in [0.5, 0.6) is 0 Å². The minimum atomic E-state index is -0.862. The second-order valence-corrected chi connectivity index (χ2v) is 17.7. The molecule has 0 radical (unpaired) electrons. The highest BCUT2D eigenvalue weighted by molar-refractivity contribution is 5.72. The first-order valence-corrected chi connectivity index (χ1v) is 28.0. The molecule has 0 rings (SSSR count). The van der Waals surface area contributed by atoms with Crippen LogP contribution in [0.3, 0.4) is 0 Å². The molecule has 0 aromatic heterocycles. The van der Waals surface area contributed by atoms with Crippen LogP contribution in [0.1, 0.15) is 213 Å². The van der Waals surface area contributed by atoms with Crippen LogP contribution >= 0.6 is 0 Å². The standard InChI is InChI=1S/C65H100O6/c1-4-7-10-13-16-19-22-25-28-30-31-32-33-35-37-40-43-46-49-52-55-58-64(67)70-61-62(60-69-63(66)57-54-51-48-45-42-39-36-27-24-21-18-15-12-9-6-3)71-65(68)59-56-53-50-47-44-41-38-34-29-26-23-20-17-14-11-8-5-2/h8-9,11-12,17-18,20-22,25-27,29-31,33,35-36,38,41-42,45,47,50-51,54,62H,4-7,10,13-16,19,23-24,28,32,34,37,39-40,43-44,46,48-49,52-53,55-61H2,1-3H3/b11-8-,12-9-,20-17-,21-18-,25-22-,29-26-,31-30-,35-33-,36-27-,41-38-,45-42-,50-47-,54-51-. The van der Waals surface area contributed by atoms with E-state index in [2.05, 4.69) is 167 Å². The summed E-state index contributed by atoms with van der Waals surface area (Å²) in [7, 11) is 0. The van der Waals surface area contributed by atoms with Crippen LogP contribution in [0.25, 0.3) is 0 Å². The molecule has 6 heteroatoms. The first kappa shape index (κ1) is 66.0. The number of rotatable bonds is 48. The summed E-state index contributed by atoms with van der Waals surface area (Å²) in [6.45, 7) is 6.23. The van der Waals surface area contributed by atoms with E-state index in [9.17, 15) is 14.4 Å². The molecule has 0 aliphatic carbocycles. The molecule has 0 aromatic rings. The Labute approximate surface area is 435 Å². The second-order valence-electron chi connectivity index (χ2n) is 17.7. The third-order valence-electron chi connectivity index (χ3n) is 11.0. The molecule has 6 nitrogen and oxygen atoms in total. The molecule has 0 aliphatic rings. The summed E-state index contributed by atoms with van der Waals surface area (Å²) in [6.07, 6.45) is 84.0. The Hall–Kier alpha value is -4.97. The van der Waals surface area contributed by atoms with Gasteiger partial charge in [0.25, 0.3) is 0 Å². The van der Waals surface area contributed by atoms with Crippen LogP contribution in [-0.2, 0) is 28.6 Å². The number of ether oxygens (including phenoxy) is 3. The van der Waals surface area contributed by atoms with Gasteiger partial charge in [-0.1, -0.05) is 230 Å². The molecule has 0 aliphatic heterocycles. The van der Waals surface area contributed by atoms with Gasteiger partial charge in [-0.3, -0.25) is 14.4 Å². The van der Waals surface area contributed by atoms with E-state index in [-0.39, 0.29) is 32.0 Å². The number of unbranched alkanes of at least 4 members (excludes halogenated alkanes) is 12. The topological polar surface area (TPSA) is 78.9 Å². The van der Waals surface area contributed by atoms with Gasteiger partial charge in [0.1, 0.15) is 13.2 Å². The van der Waals surface area contributed by atoms with Gasteiger partial charge in [0.2, 0.25) is 0 Å². The summed E-state index contributed by atoms with van der Waals surface area (Å²) in [6, 6.07) is 0. The van der Waals surface area contributed by atoms with Crippen molar-refractivity contribution in [2.45, 2.75) is 219 Å². The predicted octanol–water partition coefficient (Wildman–Crippen LogP) is 19.0. The number of allylic oxidation sites excluding steroid dienone is 25. The van der Waals surface area contributed by atoms with Crippen LogP contribution in [-0.4, -0.2) is 37.2 Å². The molecular formula is C65H100O6. The van der Waals surface area contributed by atoms with Gasteiger partial charge in [-0.05, 0) is 122 Å². The van der Waals surface area contributed by atoms with Crippen LogP contribution in [0.2, 0.25) is 0 Å². The van der Waals surface area contributed by atoms with Crippen LogP contribution in [0.4, 0.5) is 0 Å². The molecule has 0 saturated heterocycles. The third-order valence-corrected chi connectivity index (χ3v) is 11.0. The smallest absolute Gasteiger partial charge is 0.309 e. The van der Waals surface area contributed by atoms with Crippen molar-refractivity contribution in [1.82, 2.24) is 0 Å². The number of carbonyl (C=O) groups excluding carboxylic acids is 3. The highest BCUT2D eigenvalue weighted by Crippen LogP contribution is 2.12. The summed E-state index contributed by atoms with van der Waals surface area (Å²) in [5.41, 5.74) is 0. The maximum Gasteiger partial charge on any atom is 0.309 e. The summed E-state index contributed by atoms with van der Waals surface area (Å²) in [4.78, 5) is 38.1. The molecule has 0 heterocycles. The fraction of sp³-hybridized carbons (Fsp3) is 0.554. The van der Waals surface area contributed by atoms with Gasteiger partial charge in [-0.15, -0.1) is 0 Å². The summed E-state index contributed by atoms with van der Waals surface area (Å²) >= 11 is 0. The van der Waals surface area contributed by atoms with Crippen molar-refractivity contribution in [3.8, 4) is 0 Å². The zero-order valence-electron chi connectivity index (χ0n) is 45.2. The van der Waals surface area contributed by atoms with Crippen LogP contribution in [0.15, 0.2) is 158 Å². The minimum absolute atomic E-state index is 0.104. The predicted molar refractivity (Wildman–Crippen MR) is 306 cm³/mol. The van der Waals surface area contributed by atoms with Crippen molar-refractivity contribution in [2.24, 2.45) is 0 Å². The number of hydrogen-bond donors (Lipinski definition) is 0. The Balaban J connectivity index is 4.61. The van der Waals surface area contributed by atoms with Gasteiger partial charge < -0.3 is 14.2 Å². The zero-order valence-corrected chi connectivity index (χ0v) is 45.2. The van der Waals surface area contributed by atoms with E-state index in [0.717, 1.165) is 109 Å². The minimum Gasteiger partial charge on any atom is -0.462 e. The van der Waals surface area contributed by atoms with Gasteiger partial charge in [-0.2, -0.15) is 0 Å². The fourth-order valence-electron chi connectivity index (χ4n) is 6.91. The lowest BCUT2D eigenvalue weighted by molar-refractivity contribution is -0.166. The highest BCUT2D eigenvalue weighted by Gasteiger charge is 2.19. The zero-order chi connectivity index (χ0) is 51.4. The van der Waals surface area contributed by atoms with Crippen molar-refractivity contribution < 1.29 is 28.6 Å². The first-order chi connectivity index (χ1) is 35.0. The van der Waals surface area contributed by atoms with E-state index in [1.54, 1.807) is 6.08 Å². The van der Waals surface area contributed by atoms with Crippen molar-refractivity contribution >= 4 is 17.9 Å². The highest BCUT2D eigenvalue weighted by atomic mass is 16.6. The van der Waals surface area contributed by atoms with Crippen molar-refractivity contribution in [1.29, 1.82) is 0 Å². The van der Waals surface area contributed by atoms with E-state index < -0.39 is 18.0 Å². The molecule has 0 amide bonds. The third kappa shape index (κ3) is 55.8. The Kier molecular flexibility index (Phi) is 53.6. The summed E-state index contributed by atoms with van der Waals surface area (Å²) < 4.78 is 16.7. The Bertz CT molecular complexity index is 1640. The van der Waals surface area contributed by atoms with E-state index >= 15 is 0 Å². The van der Waals surface area contributed by atoms with Crippen LogP contribution in [0, 0.1) is 0 Å². The maximum atomic E-state index is 12.8. The SMILES string of the molecule is CC/C=C\C/C=C\C/C=C\C/C=C\C/C=C\CCCC(=O)OC(COC(=O)C/C=C\C/C=C\C/C=C\C/C=C\C/C=C\CC)COC(=O)CCCCCCCC/C=C\C/C=C\C/C=C\CCCCCCC. The van der Waals surface area contributed by atoms with Gasteiger partial charge in [0.15, 0.2) is 6.10 Å². The average molecular weight is 978 g/mol. The Morgan fingerprint density at radius 1 is 0.310 bits per heavy atom. The number of esters is 3. The molecule has 0 bridgehead atoms. The molecule has 71 heavy (non-hydrogen) atoms. The molecule has 0 saturated carbocycles. The lowest BCUT2D eigenvalue weighted by Crippen LogP contribution is -2.30. The Morgan fingerprint density at radius 3 is 1.03 bits per heavy atom. The quantitative estimate of drug-likeness (QED) is 0.0262. The first-order valence-electron chi connectivity index (χ1n) is 28.0. The normalized spacial score (nSPS) is 13.3. The molecule has 396 valence electrons. The number of hydrogen-bond acceptors (Lipinski definition) is 6. The van der Waals surface area contributed by atoms with Gasteiger partial charge in [0.05, 0.1) is 6.42 Å². The van der Waals surface area contributed by atoms with Crippen molar-refractivity contribution in [2.75, 3.05) is 13.2 Å². The molecule has 1 unspecified atom stereocenters. The van der Waals surface area contributed by atoms with Gasteiger partial charge in [-0.25, -0.2) is 0 Å². The summed E-state index contributed by atoms with van der Waals surface area (Å²) in [5, 5.41) is 0. The maximum absolute atomic E-state index is 12.8. The molecular weight excluding hydrogens is 877 g/mol. The largest absolute Gasteiger partial charge is 0.462 e. The Morgan fingerprint density at radius 2 is 0.620 bits per heavy atom. The molecule has 0 N–H and O–H groups in total. The van der Waals surface area contributed by atoms with Crippen molar-refractivity contribution in [3.63, 3.8) is 0 Å². The number of carbonyl (C=O) groups is 3. The fourth-order valence-corrected chi connectivity index (χ4v) is 6.91. The average Bonchev–Trinajstić information content (AvgIpc) is 3.37. The van der Waals surface area contributed by atoms with Crippen molar-refractivity contribution in [3.05, 3.63) is 158 Å². The van der Waals surface area contributed by atoms with Crippen LogP contribution < -0.4 is 0 Å². The lowest BCUT2D eigenvalue weighted by atomic mass is 10.1. The monoisotopic (exact) mass is 977 g/mol. The van der Waals surface area contributed by atoms with E-state index in [1.807, 2.05) is 6.08 Å². The van der Waals surface area contributed by atoms with E-state index in [0.29, 0.717) is 19.3 Å². The van der Waals surface area contributed by atoms with Gasteiger partial charge in [0, 0.05) is 12.8 Å². The molecule has 0 fully saturated rings. The molecule has 0 spiro atoms. The summed E-state index contributed by atoms with van der Waals surface area (Å²) in [5.74, 6) is -1.16. The van der Waals surface area contributed by atoms with E-state index in [1.165, 1.54) is 51.4 Å². The second kappa shape index (κ2) is 57.6.